The molecule has 6 heteroatoms. The Bertz CT molecular complexity index is 945. The van der Waals surface area contributed by atoms with Gasteiger partial charge in [0.2, 0.25) is 0 Å². The number of aromatic nitrogens is 2. The number of hydrogen-bond acceptors (Lipinski definition) is 5. The van der Waals surface area contributed by atoms with Gasteiger partial charge < -0.3 is 10.0 Å². The molecule has 3 aromatic rings. The van der Waals surface area contributed by atoms with Gasteiger partial charge in [-0.15, -0.1) is 11.3 Å². The zero-order chi connectivity index (χ0) is 18.3. The highest BCUT2D eigenvalue weighted by atomic mass is 32.1. The van der Waals surface area contributed by atoms with Crippen molar-refractivity contribution >= 4 is 39.0 Å². The Morgan fingerprint density at radius 1 is 1.16 bits per heavy atom. The lowest BCUT2D eigenvalue weighted by molar-refractivity contribution is 0.0701. The first kappa shape index (κ1) is 17.4. The minimum absolute atomic E-state index is 0.319. The van der Waals surface area contributed by atoms with E-state index >= 15 is 0 Å². The monoisotopic (exact) mass is 355 g/mol. The van der Waals surface area contributed by atoms with E-state index in [1.165, 1.54) is 16.9 Å². The van der Waals surface area contributed by atoms with Crippen molar-refractivity contribution in [1.29, 1.82) is 0 Å². The molecule has 0 atom stereocenters. The van der Waals surface area contributed by atoms with E-state index in [0.29, 0.717) is 27.0 Å². The van der Waals surface area contributed by atoms with E-state index in [1.807, 2.05) is 25.8 Å². The number of carboxylic acid groups (broad SMARTS) is 1. The first-order chi connectivity index (χ1) is 11.8. The van der Waals surface area contributed by atoms with Crippen LogP contribution in [-0.2, 0) is 0 Å². The molecule has 0 aliphatic carbocycles. The van der Waals surface area contributed by atoms with Crippen molar-refractivity contribution < 1.29 is 9.90 Å². The van der Waals surface area contributed by atoms with E-state index in [9.17, 15) is 9.90 Å². The van der Waals surface area contributed by atoms with Crippen LogP contribution in [0.5, 0.6) is 0 Å². The number of rotatable bonds is 4. The fraction of sp³-hybridized carbons (Fsp3) is 0.316. The number of anilines is 2. The lowest BCUT2D eigenvalue weighted by Gasteiger charge is -2.20. The van der Waals surface area contributed by atoms with Gasteiger partial charge in [-0.05, 0) is 43.0 Å². The standard InChI is InChI=1S/C19H21N3O2S/c1-10(2)13-6-8-14(9-7-13)22(5)17-15-11(3)16(19(23)24)25-18(15)21-12(4)20-17/h6-10H,1-5H3,(H,23,24). The molecular formula is C19H21N3O2S. The number of nitrogens with zero attached hydrogens (tertiary/aromatic N) is 3. The van der Waals surface area contributed by atoms with Crippen LogP contribution in [0.15, 0.2) is 24.3 Å². The normalized spacial score (nSPS) is 11.3. The number of carbonyl (C=O) groups is 1. The highest BCUT2D eigenvalue weighted by Crippen LogP contribution is 2.37. The Balaban J connectivity index is 2.15. The van der Waals surface area contributed by atoms with Gasteiger partial charge in [0.1, 0.15) is 21.3 Å². The summed E-state index contributed by atoms with van der Waals surface area (Å²) in [4.78, 5) is 23.5. The van der Waals surface area contributed by atoms with E-state index in [2.05, 4.69) is 48.1 Å². The van der Waals surface area contributed by atoms with Crippen molar-refractivity contribution in [3.63, 3.8) is 0 Å². The lowest BCUT2D eigenvalue weighted by Crippen LogP contribution is -2.13. The van der Waals surface area contributed by atoms with Gasteiger partial charge in [0.25, 0.3) is 0 Å². The molecule has 3 rings (SSSR count). The van der Waals surface area contributed by atoms with Crippen LogP contribution in [0.1, 0.15) is 46.4 Å². The van der Waals surface area contributed by atoms with Gasteiger partial charge in [-0.1, -0.05) is 26.0 Å². The number of carboxylic acids is 1. The molecule has 0 aliphatic heterocycles. The summed E-state index contributed by atoms with van der Waals surface area (Å²) in [5, 5.41) is 10.2. The third-order valence-electron chi connectivity index (χ3n) is 4.34. The molecule has 0 unspecified atom stereocenters. The van der Waals surface area contributed by atoms with Crippen molar-refractivity contribution in [2.45, 2.75) is 33.6 Å². The predicted molar refractivity (Wildman–Crippen MR) is 102 cm³/mol. The maximum Gasteiger partial charge on any atom is 0.346 e. The third kappa shape index (κ3) is 3.09. The third-order valence-corrected chi connectivity index (χ3v) is 5.52. The number of hydrogen-bond donors (Lipinski definition) is 1. The van der Waals surface area contributed by atoms with E-state index in [1.54, 1.807) is 0 Å². The molecule has 0 saturated carbocycles. The molecule has 2 aromatic heterocycles. The molecule has 5 nitrogen and oxygen atoms in total. The smallest absolute Gasteiger partial charge is 0.346 e. The fourth-order valence-electron chi connectivity index (χ4n) is 2.87. The zero-order valence-corrected chi connectivity index (χ0v) is 15.8. The predicted octanol–water partition coefficient (Wildman–Crippen LogP) is 4.90. The van der Waals surface area contributed by atoms with Crippen LogP contribution in [0.25, 0.3) is 10.2 Å². The second-order valence-corrected chi connectivity index (χ2v) is 7.44. The van der Waals surface area contributed by atoms with Crippen LogP contribution < -0.4 is 4.90 Å². The summed E-state index contributed by atoms with van der Waals surface area (Å²) in [7, 11) is 1.95. The first-order valence-corrected chi connectivity index (χ1v) is 8.96. The van der Waals surface area contributed by atoms with E-state index in [4.69, 9.17) is 0 Å². The SMILES string of the molecule is Cc1nc(N(C)c2ccc(C(C)C)cc2)c2c(C)c(C(=O)O)sc2n1. The van der Waals surface area contributed by atoms with Crippen LogP contribution in [0.4, 0.5) is 11.5 Å². The molecule has 2 heterocycles. The van der Waals surface area contributed by atoms with Crippen LogP contribution in [-0.4, -0.2) is 28.1 Å². The molecular weight excluding hydrogens is 334 g/mol. The van der Waals surface area contributed by atoms with Gasteiger partial charge >= 0.3 is 5.97 Å². The molecule has 1 aromatic carbocycles. The van der Waals surface area contributed by atoms with Gasteiger partial charge in [0, 0.05) is 12.7 Å². The summed E-state index contributed by atoms with van der Waals surface area (Å²) in [5.74, 6) is 0.921. The van der Waals surface area contributed by atoms with E-state index in [0.717, 1.165) is 16.9 Å². The molecule has 0 fully saturated rings. The minimum Gasteiger partial charge on any atom is -0.477 e. The summed E-state index contributed by atoms with van der Waals surface area (Å²) < 4.78 is 0. The van der Waals surface area contributed by atoms with Gasteiger partial charge in [-0.3, -0.25) is 0 Å². The Morgan fingerprint density at radius 3 is 2.36 bits per heavy atom. The summed E-state index contributed by atoms with van der Waals surface area (Å²) in [6.07, 6.45) is 0. The average molecular weight is 355 g/mol. The van der Waals surface area contributed by atoms with Gasteiger partial charge in [-0.2, -0.15) is 0 Å². The van der Waals surface area contributed by atoms with Crippen molar-refractivity contribution in [3.05, 3.63) is 46.1 Å². The fourth-order valence-corrected chi connectivity index (χ4v) is 3.93. The van der Waals surface area contributed by atoms with Gasteiger partial charge in [-0.25, -0.2) is 14.8 Å². The van der Waals surface area contributed by atoms with Crippen LogP contribution >= 0.6 is 11.3 Å². The van der Waals surface area contributed by atoms with E-state index < -0.39 is 5.97 Å². The summed E-state index contributed by atoms with van der Waals surface area (Å²) in [5.41, 5.74) is 3.00. The van der Waals surface area contributed by atoms with Crippen molar-refractivity contribution in [2.75, 3.05) is 11.9 Å². The van der Waals surface area contributed by atoms with Crippen LogP contribution in [0.3, 0.4) is 0 Å². The Labute approximate surface area is 151 Å². The van der Waals surface area contributed by atoms with Crippen LogP contribution in [0, 0.1) is 13.8 Å². The van der Waals surface area contributed by atoms with Crippen molar-refractivity contribution in [1.82, 2.24) is 9.97 Å². The van der Waals surface area contributed by atoms with Crippen molar-refractivity contribution in [2.24, 2.45) is 0 Å². The Hall–Kier alpha value is -2.47. The largest absolute Gasteiger partial charge is 0.477 e. The first-order valence-electron chi connectivity index (χ1n) is 8.14. The average Bonchev–Trinajstić information content (AvgIpc) is 2.90. The second kappa shape index (κ2) is 6.44. The number of thiophene rings is 1. The highest BCUT2D eigenvalue weighted by Gasteiger charge is 2.21. The Kier molecular flexibility index (Phi) is 4.47. The zero-order valence-electron chi connectivity index (χ0n) is 15.0. The molecule has 25 heavy (non-hydrogen) atoms. The summed E-state index contributed by atoms with van der Waals surface area (Å²) in [6.45, 7) is 7.98. The van der Waals surface area contributed by atoms with Gasteiger partial charge in [0.05, 0.1) is 5.39 Å². The molecule has 0 amide bonds. The molecule has 0 bridgehead atoms. The number of benzene rings is 1. The molecule has 0 radical (unpaired) electrons. The number of aromatic carboxylic acids is 1. The summed E-state index contributed by atoms with van der Waals surface area (Å²) in [6, 6.07) is 8.37. The minimum atomic E-state index is -0.923. The molecule has 0 saturated heterocycles. The number of aryl methyl sites for hydroxylation is 2. The lowest BCUT2D eigenvalue weighted by atomic mass is 10.0. The molecule has 0 spiro atoms. The Morgan fingerprint density at radius 2 is 1.80 bits per heavy atom. The molecule has 1 N–H and O–H groups in total. The maximum atomic E-state index is 11.5. The number of fused-ring (bicyclic) bond motifs is 1. The maximum absolute atomic E-state index is 11.5. The van der Waals surface area contributed by atoms with E-state index in [-0.39, 0.29) is 0 Å². The summed E-state index contributed by atoms with van der Waals surface area (Å²) >= 11 is 1.20. The topological polar surface area (TPSA) is 66.3 Å². The second-order valence-electron chi connectivity index (χ2n) is 6.44. The van der Waals surface area contributed by atoms with Crippen LogP contribution in [0.2, 0.25) is 0 Å². The quantitative estimate of drug-likeness (QED) is 0.721. The highest BCUT2D eigenvalue weighted by molar-refractivity contribution is 7.20. The van der Waals surface area contributed by atoms with Crippen molar-refractivity contribution in [3.8, 4) is 0 Å². The van der Waals surface area contributed by atoms with Gasteiger partial charge in [0.15, 0.2) is 0 Å². The molecule has 130 valence electrons. The molecule has 0 aliphatic rings.